The Kier molecular flexibility index (Phi) is 3.87. The van der Waals surface area contributed by atoms with Crippen molar-refractivity contribution in [1.82, 2.24) is 15.0 Å². The van der Waals surface area contributed by atoms with E-state index in [4.69, 9.17) is 4.52 Å². The molecule has 0 aliphatic heterocycles. The SMILES string of the molecule is CCNC(C)c1ccn(Cc2c(C)noc2C)c1. The van der Waals surface area contributed by atoms with E-state index in [1.165, 1.54) is 11.1 Å². The fourth-order valence-electron chi connectivity index (χ4n) is 2.15. The van der Waals surface area contributed by atoms with Crippen molar-refractivity contribution >= 4 is 0 Å². The Morgan fingerprint density at radius 3 is 2.83 bits per heavy atom. The summed E-state index contributed by atoms with van der Waals surface area (Å²) >= 11 is 0. The first-order valence-electron chi connectivity index (χ1n) is 6.42. The Morgan fingerprint density at radius 1 is 1.44 bits per heavy atom. The molecule has 2 heterocycles. The fourth-order valence-corrected chi connectivity index (χ4v) is 2.15. The largest absolute Gasteiger partial charge is 0.361 e. The van der Waals surface area contributed by atoms with Gasteiger partial charge in [-0.15, -0.1) is 0 Å². The maximum Gasteiger partial charge on any atom is 0.138 e. The first-order chi connectivity index (χ1) is 8.61. The molecule has 4 heteroatoms. The molecule has 4 nitrogen and oxygen atoms in total. The highest BCUT2D eigenvalue weighted by molar-refractivity contribution is 5.23. The van der Waals surface area contributed by atoms with Crippen LogP contribution in [-0.4, -0.2) is 16.3 Å². The van der Waals surface area contributed by atoms with E-state index in [1.807, 2.05) is 13.8 Å². The van der Waals surface area contributed by atoms with E-state index >= 15 is 0 Å². The summed E-state index contributed by atoms with van der Waals surface area (Å²) in [4.78, 5) is 0. The second-order valence-corrected chi connectivity index (χ2v) is 4.70. The van der Waals surface area contributed by atoms with Crippen LogP contribution in [0, 0.1) is 13.8 Å². The minimum atomic E-state index is 0.390. The van der Waals surface area contributed by atoms with Gasteiger partial charge in [0, 0.05) is 24.0 Å². The average Bonchev–Trinajstić information content (AvgIpc) is 2.92. The maximum atomic E-state index is 5.18. The summed E-state index contributed by atoms with van der Waals surface area (Å²) in [5.74, 6) is 0.905. The van der Waals surface area contributed by atoms with E-state index in [0.29, 0.717) is 6.04 Å². The van der Waals surface area contributed by atoms with E-state index in [1.54, 1.807) is 0 Å². The van der Waals surface area contributed by atoms with Gasteiger partial charge in [-0.25, -0.2) is 0 Å². The van der Waals surface area contributed by atoms with Crippen LogP contribution in [0.4, 0.5) is 0 Å². The molecule has 0 aromatic carbocycles. The van der Waals surface area contributed by atoms with E-state index in [0.717, 1.165) is 24.5 Å². The van der Waals surface area contributed by atoms with E-state index < -0.39 is 0 Å². The summed E-state index contributed by atoms with van der Waals surface area (Å²) in [6.07, 6.45) is 4.29. The third-order valence-electron chi connectivity index (χ3n) is 3.31. The van der Waals surface area contributed by atoms with Crippen LogP contribution in [0.3, 0.4) is 0 Å². The molecule has 98 valence electrons. The van der Waals surface area contributed by atoms with Gasteiger partial charge in [0.15, 0.2) is 0 Å². The van der Waals surface area contributed by atoms with Gasteiger partial charge in [-0.1, -0.05) is 12.1 Å². The van der Waals surface area contributed by atoms with Crippen molar-refractivity contribution in [2.75, 3.05) is 6.54 Å². The predicted molar refractivity (Wildman–Crippen MR) is 71.6 cm³/mol. The molecule has 2 aromatic rings. The zero-order chi connectivity index (χ0) is 13.1. The van der Waals surface area contributed by atoms with Crippen molar-refractivity contribution in [3.63, 3.8) is 0 Å². The number of aromatic nitrogens is 2. The molecule has 0 fully saturated rings. The first-order valence-corrected chi connectivity index (χ1v) is 6.42. The van der Waals surface area contributed by atoms with Crippen LogP contribution in [0.15, 0.2) is 23.0 Å². The predicted octanol–water partition coefficient (Wildman–Crippen LogP) is 2.81. The summed E-state index contributed by atoms with van der Waals surface area (Å²) in [6.45, 7) is 10.0. The average molecular weight is 247 g/mol. The lowest BCUT2D eigenvalue weighted by Crippen LogP contribution is -2.17. The van der Waals surface area contributed by atoms with Crippen LogP contribution in [0.5, 0.6) is 0 Å². The van der Waals surface area contributed by atoms with Gasteiger partial charge in [0.05, 0.1) is 12.2 Å². The lowest BCUT2D eigenvalue weighted by atomic mass is 10.2. The fraction of sp³-hybridized carbons (Fsp3) is 0.500. The van der Waals surface area contributed by atoms with E-state index in [-0.39, 0.29) is 0 Å². The first kappa shape index (κ1) is 12.9. The summed E-state index contributed by atoms with van der Waals surface area (Å²) in [5.41, 5.74) is 3.46. The lowest BCUT2D eigenvalue weighted by Gasteiger charge is -2.09. The Hall–Kier alpha value is -1.55. The molecule has 1 atom stereocenters. The van der Waals surface area contributed by atoms with Crippen LogP contribution in [0.25, 0.3) is 0 Å². The normalized spacial score (nSPS) is 12.9. The molecule has 2 aromatic heterocycles. The standard InChI is InChI=1S/C14H21N3O/c1-5-15-10(2)13-6-7-17(8-13)9-14-11(3)16-18-12(14)4/h6-8,10,15H,5,9H2,1-4H3. The van der Waals surface area contributed by atoms with Gasteiger partial charge >= 0.3 is 0 Å². The molecular weight excluding hydrogens is 226 g/mol. The highest BCUT2D eigenvalue weighted by atomic mass is 16.5. The number of nitrogens with one attached hydrogen (secondary N) is 1. The van der Waals surface area contributed by atoms with Crippen molar-refractivity contribution in [2.24, 2.45) is 0 Å². The topological polar surface area (TPSA) is 43.0 Å². The third kappa shape index (κ3) is 2.64. The molecule has 18 heavy (non-hydrogen) atoms. The maximum absolute atomic E-state index is 5.18. The van der Waals surface area contributed by atoms with Gasteiger partial charge in [-0.05, 0) is 38.9 Å². The Balaban J connectivity index is 2.11. The molecule has 0 aliphatic rings. The Labute approximate surface area is 108 Å². The van der Waals surface area contributed by atoms with E-state index in [2.05, 4.69) is 47.3 Å². The van der Waals surface area contributed by atoms with Crippen molar-refractivity contribution in [3.8, 4) is 0 Å². The van der Waals surface area contributed by atoms with Crippen molar-refractivity contribution in [3.05, 3.63) is 41.0 Å². The molecule has 0 aliphatic carbocycles. The number of hydrogen-bond donors (Lipinski definition) is 1. The molecule has 2 rings (SSSR count). The van der Waals surface area contributed by atoms with Gasteiger partial charge in [-0.3, -0.25) is 0 Å². The van der Waals surface area contributed by atoms with Gasteiger partial charge in [0.25, 0.3) is 0 Å². The number of hydrogen-bond acceptors (Lipinski definition) is 3. The minimum Gasteiger partial charge on any atom is -0.361 e. The van der Waals surface area contributed by atoms with Crippen LogP contribution in [-0.2, 0) is 6.54 Å². The van der Waals surface area contributed by atoms with Crippen LogP contribution in [0.2, 0.25) is 0 Å². The molecule has 0 saturated heterocycles. The van der Waals surface area contributed by atoms with Gasteiger partial charge in [-0.2, -0.15) is 0 Å². The third-order valence-corrected chi connectivity index (χ3v) is 3.31. The molecule has 0 amide bonds. The molecule has 1 unspecified atom stereocenters. The van der Waals surface area contributed by atoms with Crippen LogP contribution < -0.4 is 5.32 Å². The highest BCUT2D eigenvalue weighted by Crippen LogP contribution is 2.17. The molecule has 1 N–H and O–H groups in total. The lowest BCUT2D eigenvalue weighted by molar-refractivity contribution is 0.392. The highest BCUT2D eigenvalue weighted by Gasteiger charge is 2.10. The smallest absolute Gasteiger partial charge is 0.138 e. The van der Waals surface area contributed by atoms with Gasteiger partial charge < -0.3 is 14.4 Å². The number of nitrogens with zero attached hydrogens (tertiary/aromatic N) is 2. The molecule has 0 bridgehead atoms. The minimum absolute atomic E-state index is 0.390. The quantitative estimate of drug-likeness (QED) is 0.883. The summed E-state index contributed by atoms with van der Waals surface area (Å²) in [7, 11) is 0. The van der Waals surface area contributed by atoms with E-state index in [9.17, 15) is 0 Å². The molecular formula is C14H21N3O. The number of rotatable bonds is 5. The molecule has 0 spiro atoms. The summed E-state index contributed by atoms with van der Waals surface area (Å²) in [5, 5.41) is 7.40. The van der Waals surface area contributed by atoms with Crippen LogP contribution in [0.1, 0.15) is 42.5 Å². The zero-order valence-electron chi connectivity index (χ0n) is 11.5. The van der Waals surface area contributed by atoms with Crippen molar-refractivity contribution in [1.29, 1.82) is 0 Å². The monoisotopic (exact) mass is 247 g/mol. The Bertz CT molecular complexity index is 493. The molecule has 0 radical (unpaired) electrons. The second kappa shape index (κ2) is 5.40. The Morgan fingerprint density at radius 2 is 2.22 bits per heavy atom. The molecule has 0 saturated carbocycles. The van der Waals surface area contributed by atoms with Crippen molar-refractivity contribution in [2.45, 2.75) is 40.3 Å². The summed E-state index contributed by atoms with van der Waals surface area (Å²) < 4.78 is 7.36. The number of aryl methyl sites for hydroxylation is 2. The van der Waals surface area contributed by atoms with Gasteiger partial charge in [0.2, 0.25) is 0 Å². The van der Waals surface area contributed by atoms with Crippen molar-refractivity contribution < 1.29 is 4.52 Å². The zero-order valence-corrected chi connectivity index (χ0v) is 11.5. The van der Waals surface area contributed by atoms with Crippen LogP contribution >= 0.6 is 0 Å². The van der Waals surface area contributed by atoms with Gasteiger partial charge in [0.1, 0.15) is 5.76 Å². The second-order valence-electron chi connectivity index (χ2n) is 4.70. The summed E-state index contributed by atoms with van der Waals surface area (Å²) in [6, 6.07) is 2.55.